The van der Waals surface area contributed by atoms with Crippen molar-refractivity contribution in [2.75, 3.05) is 0 Å². The maximum absolute atomic E-state index is 12.4. The van der Waals surface area contributed by atoms with Gasteiger partial charge >= 0.3 is 5.97 Å². The van der Waals surface area contributed by atoms with E-state index in [9.17, 15) is 4.79 Å². The molecule has 124 valence electrons. The standard InChI is InChI=1S/C18H34O3/c1-13(2)16(12-18(4,5)6)17(19)21-14(3)20-15-10-8-7-9-11-15/h13-16H,7-12H2,1-6H3. The van der Waals surface area contributed by atoms with E-state index in [-0.39, 0.29) is 23.4 Å². The van der Waals surface area contributed by atoms with Crippen LogP contribution in [0.2, 0.25) is 0 Å². The predicted octanol–water partition coefficient (Wildman–Crippen LogP) is 4.93. The smallest absolute Gasteiger partial charge is 0.311 e. The molecule has 0 aromatic heterocycles. The Hall–Kier alpha value is -0.570. The number of carbonyl (C=O) groups excluding carboxylic acids is 1. The monoisotopic (exact) mass is 298 g/mol. The molecule has 0 aromatic carbocycles. The van der Waals surface area contributed by atoms with Crippen molar-refractivity contribution in [3.8, 4) is 0 Å². The molecule has 1 aliphatic carbocycles. The van der Waals surface area contributed by atoms with Gasteiger partial charge in [0.2, 0.25) is 0 Å². The lowest BCUT2D eigenvalue weighted by atomic mass is 9.80. The third kappa shape index (κ3) is 7.30. The molecule has 0 saturated heterocycles. The van der Waals surface area contributed by atoms with Gasteiger partial charge in [0.05, 0.1) is 12.0 Å². The molecule has 0 radical (unpaired) electrons. The fraction of sp³-hybridized carbons (Fsp3) is 0.944. The van der Waals surface area contributed by atoms with Crippen molar-refractivity contribution in [3.63, 3.8) is 0 Å². The summed E-state index contributed by atoms with van der Waals surface area (Å²) in [6, 6.07) is 0. The summed E-state index contributed by atoms with van der Waals surface area (Å²) in [5.74, 6) is 0.129. The molecular formula is C18H34O3. The molecule has 3 nitrogen and oxygen atoms in total. The van der Waals surface area contributed by atoms with Crippen molar-refractivity contribution in [3.05, 3.63) is 0 Å². The summed E-state index contributed by atoms with van der Waals surface area (Å²) < 4.78 is 11.4. The molecule has 3 heteroatoms. The Morgan fingerprint density at radius 2 is 1.67 bits per heavy atom. The Morgan fingerprint density at radius 1 is 1.10 bits per heavy atom. The van der Waals surface area contributed by atoms with E-state index in [0.29, 0.717) is 5.92 Å². The number of hydrogen-bond donors (Lipinski definition) is 0. The minimum Gasteiger partial charge on any atom is -0.436 e. The van der Waals surface area contributed by atoms with Crippen LogP contribution in [0, 0.1) is 17.3 Å². The summed E-state index contributed by atoms with van der Waals surface area (Å²) in [5, 5.41) is 0. The van der Waals surface area contributed by atoms with E-state index in [2.05, 4.69) is 34.6 Å². The number of ether oxygens (including phenoxy) is 2. The Bertz CT molecular complexity index is 311. The quantitative estimate of drug-likeness (QED) is 0.515. The van der Waals surface area contributed by atoms with E-state index < -0.39 is 6.29 Å². The van der Waals surface area contributed by atoms with Gasteiger partial charge in [0, 0.05) is 0 Å². The lowest BCUT2D eigenvalue weighted by molar-refractivity contribution is -0.193. The van der Waals surface area contributed by atoms with Crippen LogP contribution in [0.1, 0.15) is 80.1 Å². The molecule has 21 heavy (non-hydrogen) atoms. The van der Waals surface area contributed by atoms with E-state index in [1.165, 1.54) is 19.3 Å². The first-order valence-corrected chi connectivity index (χ1v) is 8.55. The first kappa shape index (κ1) is 18.5. The number of hydrogen-bond acceptors (Lipinski definition) is 3. The maximum atomic E-state index is 12.4. The van der Waals surface area contributed by atoms with Gasteiger partial charge < -0.3 is 9.47 Å². The molecule has 2 atom stereocenters. The van der Waals surface area contributed by atoms with E-state index >= 15 is 0 Å². The Balaban J connectivity index is 2.47. The third-order valence-electron chi connectivity index (χ3n) is 4.16. The minimum atomic E-state index is -0.429. The number of rotatable bonds is 6. The van der Waals surface area contributed by atoms with Crippen molar-refractivity contribution in [2.45, 2.75) is 92.5 Å². The highest BCUT2D eigenvalue weighted by Gasteiger charge is 2.30. The van der Waals surface area contributed by atoms with Crippen LogP contribution in [0.25, 0.3) is 0 Å². The molecule has 1 rings (SSSR count). The average Bonchev–Trinajstić information content (AvgIpc) is 2.35. The molecule has 1 aliphatic rings. The lowest BCUT2D eigenvalue weighted by Gasteiger charge is -2.30. The van der Waals surface area contributed by atoms with E-state index in [1.54, 1.807) is 0 Å². The highest BCUT2D eigenvalue weighted by molar-refractivity contribution is 5.72. The lowest BCUT2D eigenvalue weighted by Crippen LogP contribution is -2.32. The summed E-state index contributed by atoms with van der Waals surface area (Å²) in [6.07, 6.45) is 6.63. The molecule has 0 heterocycles. The van der Waals surface area contributed by atoms with Gasteiger partial charge in [0.1, 0.15) is 0 Å². The summed E-state index contributed by atoms with van der Waals surface area (Å²) in [4.78, 5) is 12.4. The largest absolute Gasteiger partial charge is 0.436 e. The van der Waals surface area contributed by atoms with Gasteiger partial charge in [-0.2, -0.15) is 0 Å². The van der Waals surface area contributed by atoms with Gasteiger partial charge in [-0.1, -0.05) is 53.9 Å². The summed E-state index contributed by atoms with van der Waals surface area (Å²) >= 11 is 0. The first-order valence-electron chi connectivity index (χ1n) is 8.55. The fourth-order valence-electron chi connectivity index (χ4n) is 3.00. The van der Waals surface area contributed by atoms with Gasteiger partial charge in [0.25, 0.3) is 0 Å². The molecular weight excluding hydrogens is 264 g/mol. The Labute approximate surface area is 130 Å². The molecule has 0 spiro atoms. The Morgan fingerprint density at radius 3 is 2.14 bits per heavy atom. The van der Waals surface area contributed by atoms with Crippen molar-refractivity contribution in [2.24, 2.45) is 17.3 Å². The number of carbonyl (C=O) groups is 1. The van der Waals surface area contributed by atoms with Gasteiger partial charge in [-0.3, -0.25) is 4.79 Å². The van der Waals surface area contributed by atoms with Crippen molar-refractivity contribution in [1.29, 1.82) is 0 Å². The molecule has 2 unspecified atom stereocenters. The van der Waals surface area contributed by atoms with Crippen LogP contribution in [-0.4, -0.2) is 18.4 Å². The zero-order valence-electron chi connectivity index (χ0n) is 14.8. The first-order chi connectivity index (χ1) is 9.69. The van der Waals surface area contributed by atoms with E-state index in [0.717, 1.165) is 19.3 Å². The van der Waals surface area contributed by atoms with Crippen molar-refractivity contribution in [1.82, 2.24) is 0 Å². The van der Waals surface area contributed by atoms with E-state index in [1.807, 2.05) is 6.92 Å². The maximum Gasteiger partial charge on any atom is 0.311 e. The second-order valence-electron chi connectivity index (χ2n) is 8.02. The fourth-order valence-corrected chi connectivity index (χ4v) is 3.00. The highest BCUT2D eigenvalue weighted by Crippen LogP contribution is 2.30. The molecule has 0 aromatic rings. The van der Waals surface area contributed by atoms with E-state index in [4.69, 9.17) is 9.47 Å². The summed E-state index contributed by atoms with van der Waals surface area (Å²) in [5.41, 5.74) is 0.126. The van der Waals surface area contributed by atoms with Gasteiger partial charge in [-0.15, -0.1) is 0 Å². The van der Waals surface area contributed by atoms with Crippen LogP contribution in [0.15, 0.2) is 0 Å². The van der Waals surface area contributed by atoms with Crippen molar-refractivity contribution < 1.29 is 14.3 Å². The zero-order valence-corrected chi connectivity index (χ0v) is 14.8. The SMILES string of the molecule is CC(OC(=O)C(CC(C)(C)C)C(C)C)OC1CCCCC1. The second-order valence-corrected chi connectivity index (χ2v) is 8.02. The molecule has 1 fully saturated rings. The molecule has 0 N–H and O–H groups in total. The normalized spacial score (nSPS) is 20.3. The minimum absolute atomic E-state index is 0.0533. The van der Waals surface area contributed by atoms with Gasteiger partial charge in [0.15, 0.2) is 6.29 Å². The highest BCUT2D eigenvalue weighted by atomic mass is 16.7. The molecule has 0 bridgehead atoms. The number of esters is 1. The predicted molar refractivity (Wildman–Crippen MR) is 85.9 cm³/mol. The average molecular weight is 298 g/mol. The molecule has 0 amide bonds. The van der Waals surface area contributed by atoms with Crippen LogP contribution < -0.4 is 0 Å². The zero-order chi connectivity index (χ0) is 16.0. The molecule has 0 aliphatic heterocycles. The Kier molecular flexibility index (Phi) is 7.19. The van der Waals surface area contributed by atoms with Crippen LogP contribution in [-0.2, 0) is 14.3 Å². The second kappa shape index (κ2) is 8.17. The third-order valence-corrected chi connectivity index (χ3v) is 4.16. The van der Waals surface area contributed by atoms with Gasteiger partial charge in [-0.25, -0.2) is 0 Å². The molecule has 1 saturated carbocycles. The van der Waals surface area contributed by atoms with Gasteiger partial charge in [-0.05, 0) is 37.5 Å². The summed E-state index contributed by atoms with van der Waals surface area (Å²) in [6.45, 7) is 12.5. The van der Waals surface area contributed by atoms with Crippen LogP contribution >= 0.6 is 0 Å². The van der Waals surface area contributed by atoms with Crippen LogP contribution in [0.3, 0.4) is 0 Å². The summed E-state index contributed by atoms with van der Waals surface area (Å²) in [7, 11) is 0. The topological polar surface area (TPSA) is 35.5 Å². The van der Waals surface area contributed by atoms with Crippen LogP contribution in [0.5, 0.6) is 0 Å². The van der Waals surface area contributed by atoms with Crippen molar-refractivity contribution >= 4 is 5.97 Å². The van der Waals surface area contributed by atoms with Crippen LogP contribution in [0.4, 0.5) is 0 Å².